The molecule has 6 nitrogen and oxygen atoms in total. The molecule has 3 N–H and O–H groups in total. The minimum Gasteiger partial charge on any atom is -0.399 e. The van der Waals surface area contributed by atoms with Crippen molar-refractivity contribution in [3.05, 3.63) is 62.7 Å². The van der Waals surface area contributed by atoms with Crippen LogP contribution in [0.25, 0.3) is 0 Å². The fourth-order valence-electron chi connectivity index (χ4n) is 1.89. The molecule has 0 fully saturated rings. The monoisotopic (exact) mass is 305 g/mol. The number of hydrogen-bond donors (Lipinski definition) is 2. The first kappa shape index (κ1) is 14.8. The number of benzene rings is 2. The molecule has 0 bridgehead atoms. The summed E-state index contributed by atoms with van der Waals surface area (Å²) >= 11 is 5.85. The van der Waals surface area contributed by atoms with E-state index >= 15 is 0 Å². The first-order valence-corrected chi connectivity index (χ1v) is 6.37. The number of halogens is 1. The number of carbonyl (C=O) groups excluding carboxylic acids is 1. The van der Waals surface area contributed by atoms with E-state index in [9.17, 15) is 14.9 Å². The Morgan fingerprint density at radius 1 is 1.33 bits per heavy atom. The van der Waals surface area contributed by atoms with Crippen LogP contribution in [0.5, 0.6) is 0 Å². The van der Waals surface area contributed by atoms with Crippen LogP contribution in [0.1, 0.15) is 15.9 Å². The minimum atomic E-state index is -0.498. The van der Waals surface area contributed by atoms with Gasteiger partial charge < -0.3 is 11.1 Å². The van der Waals surface area contributed by atoms with Crippen molar-refractivity contribution in [2.45, 2.75) is 6.92 Å². The zero-order valence-electron chi connectivity index (χ0n) is 11.1. The summed E-state index contributed by atoms with van der Waals surface area (Å²) < 4.78 is 0. The molecule has 0 aromatic heterocycles. The highest BCUT2D eigenvalue weighted by Crippen LogP contribution is 2.26. The second-order valence-corrected chi connectivity index (χ2v) is 4.87. The molecular weight excluding hydrogens is 294 g/mol. The first-order valence-electron chi connectivity index (χ1n) is 6.00. The molecule has 0 saturated heterocycles. The standard InChI is InChI=1S/C14H12ClN3O3/c1-8-12(3-2-4-13(8)18(20)21)17-14(19)9-5-10(15)7-11(16)6-9/h2-7H,16H2,1H3,(H,17,19). The molecule has 0 atom stereocenters. The van der Waals surface area contributed by atoms with Crippen LogP contribution < -0.4 is 11.1 Å². The summed E-state index contributed by atoms with van der Waals surface area (Å²) in [5.74, 6) is -0.437. The summed E-state index contributed by atoms with van der Waals surface area (Å²) in [6.07, 6.45) is 0. The zero-order valence-corrected chi connectivity index (χ0v) is 11.8. The molecule has 0 unspecified atom stereocenters. The highest BCUT2D eigenvalue weighted by atomic mass is 35.5. The van der Waals surface area contributed by atoms with E-state index in [0.29, 0.717) is 22.0 Å². The molecule has 7 heteroatoms. The normalized spacial score (nSPS) is 10.2. The van der Waals surface area contributed by atoms with E-state index in [0.717, 1.165) is 0 Å². The maximum atomic E-state index is 12.2. The molecule has 1 amide bonds. The molecule has 0 aliphatic heterocycles. The van der Waals surface area contributed by atoms with Crippen molar-refractivity contribution >= 4 is 34.6 Å². The highest BCUT2D eigenvalue weighted by molar-refractivity contribution is 6.31. The first-order chi connectivity index (χ1) is 9.88. The van der Waals surface area contributed by atoms with Gasteiger partial charge in [0.2, 0.25) is 0 Å². The van der Waals surface area contributed by atoms with E-state index in [1.54, 1.807) is 13.0 Å². The third kappa shape index (κ3) is 3.29. The molecule has 21 heavy (non-hydrogen) atoms. The Kier molecular flexibility index (Phi) is 4.09. The Morgan fingerprint density at radius 2 is 2.05 bits per heavy atom. The zero-order chi connectivity index (χ0) is 15.6. The Balaban J connectivity index is 2.32. The summed E-state index contributed by atoms with van der Waals surface area (Å²) in [6, 6.07) is 8.95. The van der Waals surface area contributed by atoms with Gasteiger partial charge in [-0.25, -0.2) is 0 Å². The lowest BCUT2D eigenvalue weighted by Crippen LogP contribution is -2.13. The number of nitrogens with zero attached hydrogens (tertiary/aromatic N) is 1. The maximum Gasteiger partial charge on any atom is 0.274 e. The topological polar surface area (TPSA) is 98.3 Å². The van der Waals surface area contributed by atoms with Gasteiger partial charge >= 0.3 is 0 Å². The lowest BCUT2D eigenvalue weighted by molar-refractivity contribution is -0.385. The predicted octanol–water partition coefficient (Wildman–Crippen LogP) is 3.39. The molecular formula is C14H12ClN3O3. The number of nitrogen functional groups attached to an aromatic ring is 1. The van der Waals surface area contributed by atoms with Gasteiger partial charge in [-0.05, 0) is 31.2 Å². The molecule has 2 aromatic rings. The van der Waals surface area contributed by atoms with Crippen molar-refractivity contribution in [2.75, 3.05) is 11.1 Å². The van der Waals surface area contributed by atoms with Gasteiger partial charge in [-0.3, -0.25) is 14.9 Å². The number of carbonyl (C=O) groups is 1. The van der Waals surface area contributed by atoms with Crippen LogP contribution >= 0.6 is 11.6 Å². The molecule has 108 valence electrons. The van der Waals surface area contributed by atoms with Gasteiger partial charge in [0, 0.05) is 22.3 Å². The number of rotatable bonds is 3. The Morgan fingerprint density at radius 3 is 2.67 bits per heavy atom. The summed E-state index contributed by atoms with van der Waals surface area (Å²) in [7, 11) is 0. The smallest absolute Gasteiger partial charge is 0.274 e. The largest absolute Gasteiger partial charge is 0.399 e. The van der Waals surface area contributed by atoms with Gasteiger partial charge in [-0.1, -0.05) is 17.7 Å². The fourth-order valence-corrected chi connectivity index (χ4v) is 2.14. The summed E-state index contributed by atoms with van der Waals surface area (Å²) in [5.41, 5.74) is 6.97. The van der Waals surface area contributed by atoms with Crippen molar-refractivity contribution in [1.29, 1.82) is 0 Å². The third-order valence-corrected chi connectivity index (χ3v) is 3.15. The van der Waals surface area contributed by atoms with Crippen molar-refractivity contribution in [2.24, 2.45) is 0 Å². The van der Waals surface area contributed by atoms with E-state index in [1.165, 1.54) is 30.3 Å². The third-order valence-electron chi connectivity index (χ3n) is 2.93. The fraction of sp³-hybridized carbons (Fsp3) is 0.0714. The number of nitrogens with one attached hydrogen (secondary N) is 1. The van der Waals surface area contributed by atoms with Crippen LogP contribution in [0.3, 0.4) is 0 Å². The number of nitro benzene ring substituents is 1. The number of nitrogens with two attached hydrogens (primary N) is 1. The van der Waals surface area contributed by atoms with Gasteiger partial charge in [0.05, 0.1) is 16.2 Å². The second kappa shape index (κ2) is 5.80. The van der Waals surface area contributed by atoms with Crippen molar-refractivity contribution in [1.82, 2.24) is 0 Å². The number of nitro groups is 1. The Hall–Kier alpha value is -2.60. The average molecular weight is 306 g/mol. The van der Waals surface area contributed by atoms with Crippen LogP contribution in [-0.2, 0) is 0 Å². The van der Waals surface area contributed by atoms with E-state index in [1.807, 2.05) is 0 Å². The summed E-state index contributed by atoms with van der Waals surface area (Å²) in [6.45, 7) is 1.57. The lowest BCUT2D eigenvalue weighted by Gasteiger charge is -2.09. The molecule has 0 aliphatic rings. The minimum absolute atomic E-state index is 0.0570. The van der Waals surface area contributed by atoms with Crippen molar-refractivity contribution in [3.8, 4) is 0 Å². The molecule has 0 aliphatic carbocycles. The summed E-state index contributed by atoms with van der Waals surface area (Å²) in [4.78, 5) is 22.5. The molecule has 0 radical (unpaired) electrons. The average Bonchev–Trinajstić information content (AvgIpc) is 2.39. The highest BCUT2D eigenvalue weighted by Gasteiger charge is 2.15. The molecule has 2 rings (SSSR count). The lowest BCUT2D eigenvalue weighted by atomic mass is 10.1. The van der Waals surface area contributed by atoms with Crippen molar-refractivity contribution in [3.63, 3.8) is 0 Å². The van der Waals surface area contributed by atoms with Gasteiger partial charge in [-0.2, -0.15) is 0 Å². The van der Waals surface area contributed by atoms with E-state index < -0.39 is 10.8 Å². The quantitative estimate of drug-likeness (QED) is 0.516. The summed E-state index contributed by atoms with van der Waals surface area (Å²) in [5, 5.41) is 13.8. The van der Waals surface area contributed by atoms with Gasteiger partial charge in [0.15, 0.2) is 0 Å². The van der Waals surface area contributed by atoms with Crippen LogP contribution in [0.4, 0.5) is 17.1 Å². The van der Waals surface area contributed by atoms with Gasteiger partial charge in [0.1, 0.15) is 0 Å². The van der Waals surface area contributed by atoms with E-state index in [4.69, 9.17) is 17.3 Å². The van der Waals surface area contributed by atoms with Crippen molar-refractivity contribution < 1.29 is 9.72 Å². The predicted molar refractivity (Wildman–Crippen MR) is 81.7 cm³/mol. The van der Waals surface area contributed by atoms with Crippen LogP contribution in [0.2, 0.25) is 5.02 Å². The molecule has 2 aromatic carbocycles. The van der Waals surface area contributed by atoms with Gasteiger partial charge in [0.25, 0.3) is 11.6 Å². The van der Waals surface area contributed by atoms with Gasteiger partial charge in [-0.15, -0.1) is 0 Å². The SMILES string of the molecule is Cc1c(NC(=O)c2cc(N)cc(Cl)c2)cccc1[N+](=O)[O-]. The van der Waals surface area contributed by atoms with E-state index in [2.05, 4.69) is 5.32 Å². The number of amides is 1. The molecule has 0 heterocycles. The molecule has 0 spiro atoms. The number of hydrogen-bond acceptors (Lipinski definition) is 4. The molecule has 0 saturated carbocycles. The van der Waals surface area contributed by atoms with Crippen LogP contribution in [0, 0.1) is 17.0 Å². The van der Waals surface area contributed by atoms with E-state index in [-0.39, 0.29) is 11.3 Å². The van der Waals surface area contributed by atoms with Crippen LogP contribution in [-0.4, -0.2) is 10.8 Å². The maximum absolute atomic E-state index is 12.2. The number of anilines is 2. The Labute approximate surface area is 125 Å². The second-order valence-electron chi connectivity index (χ2n) is 4.43. The van der Waals surface area contributed by atoms with Crippen LogP contribution in [0.15, 0.2) is 36.4 Å². The Bertz CT molecular complexity index is 711.